The van der Waals surface area contributed by atoms with Gasteiger partial charge in [-0.05, 0) is 42.2 Å². The Bertz CT molecular complexity index is 521. The van der Waals surface area contributed by atoms with Gasteiger partial charge >= 0.3 is 0 Å². The van der Waals surface area contributed by atoms with E-state index in [2.05, 4.69) is 69.1 Å². The third-order valence-electron chi connectivity index (χ3n) is 4.81. The molecule has 0 bridgehead atoms. The first-order chi connectivity index (χ1) is 11.4. The average molecular weight is 331 g/mol. The van der Waals surface area contributed by atoms with E-state index in [1.807, 2.05) is 0 Å². The van der Waals surface area contributed by atoms with Gasteiger partial charge in [0.25, 0.3) is 0 Å². The Hall–Kier alpha value is -1.35. The van der Waals surface area contributed by atoms with Gasteiger partial charge < -0.3 is 5.32 Å². The summed E-state index contributed by atoms with van der Waals surface area (Å²) in [5, 5.41) is 3.26. The fraction of sp³-hybridized carbons (Fsp3) is 0.667. The molecule has 2 rings (SSSR count). The molecule has 1 N–H and O–H groups in total. The number of amides is 1. The Morgan fingerprint density at radius 2 is 1.62 bits per heavy atom. The highest BCUT2D eigenvalue weighted by molar-refractivity contribution is 5.82. The van der Waals surface area contributed by atoms with Gasteiger partial charge in [-0.3, -0.25) is 9.69 Å². The Balaban J connectivity index is 2.13. The topological polar surface area (TPSA) is 32.3 Å². The molecular formula is C21H34N2O. The lowest BCUT2D eigenvalue weighted by Crippen LogP contribution is -2.60. The molecule has 1 aromatic carbocycles. The minimum Gasteiger partial charge on any atom is -0.351 e. The zero-order valence-electron chi connectivity index (χ0n) is 16.0. The maximum atomic E-state index is 12.7. The van der Waals surface area contributed by atoms with Crippen LogP contribution in [-0.4, -0.2) is 29.4 Å². The van der Waals surface area contributed by atoms with E-state index >= 15 is 0 Å². The van der Waals surface area contributed by atoms with E-state index in [1.165, 1.54) is 11.1 Å². The van der Waals surface area contributed by atoms with E-state index < -0.39 is 0 Å². The Morgan fingerprint density at radius 3 is 2.17 bits per heavy atom. The number of hydrogen-bond donors (Lipinski definition) is 1. The highest BCUT2D eigenvalue weighted by atomic mass is 16.2. The Labute approximate surface area is 147 Å². The van der Waals surface area contributed by atoms with Crippen molar-refractivity contribution in [2.45, 2.75) is 72.5 Å². The van der Waals surface area contributed by atoms with Gasteiger partial charge in [-0.2, -0.15) is 0 Å². The first-order valence-electron chi connectivity index (χ1n) is 9.51. The molecule has 134 valence electrons. The molecule has 1 aliphatic rings. The Kier molecular flexibility index (Phi) is 6.85. The summed E-state index contributed by atoms with van der Waals surface area (Å²) < 4.78 is 0. The summed E-state index contributed by atoms with van der Waals surface area (Å²) in [5.41, 5.74) is 2.67. The highest BCUT2D eigenvalue weighted by Crippen LogP contribution is 2.22. The van der Waals surface area contributed by atoms with Gasteiger partial charge in [-0.1, -0.05) is 58.9 Å². The molecule has 1 amide bonds. The molecule has 2 atom stereocenters. The van der Waals surface area contributed by atoms with E-state index in [-0.39, 0.29) is 18.0 Å². The molecule has 3 nitrogen and oxygen atoms in total. The van der Waals surface area contributed by atoms with E-state index in [1.54, 1.807) is 0 Å². The molecular weight excluding hydrogens is 296 g/mol. The summed E-state index contributed by atoms with van der Waals surface area (Å²) >= 11 is 0. The second-order valence-corrected chi connectivity index (χ2v) is 8.08. The predicted octanol–water partition coefficient (Wildman–Crippen LogP) is 4.01. The van der Waals surface area contributed by atoms with Gasteiger partial charge in [-0.25, -0.2) is 0 Å². The zero-order chi connectivity index (χ0) is 17.7. The molecule has 2 unspecified atom stereocenters. The second kappa shape index (κ2) is 8.66. The molecule has 0 radical (unpaired) electrons. The van der Waals surface area contributed by atoms with Crippen molar-refractivity contribution >= 4 is 5.91 Å². The van der Waals surface area contributed by atoms with E-state index in [4.69, 9.17) is 0 Å². The fourth-order valence-electron chi connectivity index (χ4n) is 3.61. The number of rotatable bonds is 7. The number of aryl methyl sites for hydroxylation is 1. The number of carbonyl (C=O) groups excluding carboxylic acids is 1. The maximum Gasteiger partial charge on any atom is 0.237 e. The second-order valence-electron chi connectivity index (χ2n) is 8.08. The molecule has 1 aromatic rings. The van der Waals surface area contributed by atoms with E-state index in [9.17, 15) is 4.79 Å². The quantitative estimate of drug-likeness (QED) is 0.819. The number of carbonyl (C=O) groups is 1. The van der Waals surface area contributed by atoms with Gasteiger partial charge in [0.15, 0.2) is 0 Å². The van der Waals surface area contributed by atoms with Crippen LogP contribution in [0.5, 0.6) is 0 Å². The minimum atomic E-state index is -0.000682. The lowest BCUT2D eigenvalue weighted by atomic mass is 9.94. The first kappa shape index (κ1) is 19.0. The molecule has 1 heterocycles. The SMILES string of the molecule is CCc1ccc(CN2CC(CC(C)C)NC(=O)C2CC(C)C)cc1. The van der Waals surface area contributed by atoms with Crippen molar-refractivity contribution in [1.82, 2.24) is 10.2 Å². The van der Waals surface area contributed by atoms with Crippen molar-refractivity contribution in [3.05, 3.63) is 35.4 Å². The normalized spacial score (nSPS) is 22.2. The van der Waals surface area contributed by atoms with E-state index in [0.717, 1.165) is 32.4 Å². The third-order valence-corrected chi connectivity index (χ3v) is 4.81. The summed E-state index contributed by atoms with van der Waals surface area (Å²) in [6, 6.07) is 9.13. The van der Waals surface area contributed by atoms with Crippen LogP contribution >= 0.6 is 0 Å². The van der Waals surface area contributed by atoms with E-state index in [0.29, 0.717) is 11.8 Å². The third kappa shape index (κ3) is 5.34. The van der Waals surface area contributed by atoms with Crippen molar-refractivity contribution < 1.29 is 4.79 Å². The standard InChI is InChI=1S/C21H34N2O/c1-6-17-7-9-18(10-8-17)13-23-14-19(11-15(2)3)22-21(24)20(23)12-16(4)5/h7-10,15-16,19-20H,6,11-14H2,1-5H3,(H,22,24). The van der Waals surface area contributed by atoms with Gasteiger partial charge in [0.1, 0.15) is 0 Å². The fourth-order valence-corrected chi connectivity index (χ4v) is 3.61. The summed E-state index contributed by atoms with van der Waals surface area (Å²) in [6.07, 6.45) is 3.04. The summed E-state index contributed by atoms with van der Waals surface area (Å²) in [5.74, 6) is 1.33. The van der Waals surface area contributed by atoms with Crippen molar-refractivity contribution in [3.63, 3.8) is 0 Å². The monoisotopic (exact) mass is 330 g/mol. The lowest BCUT2D eigenvalue weighted by molar-refractivity contribution is -0.132. The number of hydrogen-bond acceptors (Lipinski definition) is 2. The van der Waals surface area contributed by atoms with Crippen LogP contribution in [0, 0.1) is 11.8 Å². The van der Waals surface area contributed by atoms with Crippen molar-refractivity contribution in [1.29, 1.82) is 0 Å². The van der Waals surface area contributed by atoms with Crippen LogP contribution in [0.15, 0.2) is 24.3 Å². The molecule has 1 saturated heterocycles. The van der Waals surface area contributed by atoms with Gasteiger partial charge in [-0.15, -0.1) is 0 Å². The van der Waals surface area contributed by atoms with Crippen LogP contribution in [-0.2, 0) is 17.8 Å². The van der Waals surface area contributed by atoms with Crippen LogP contribution in [0.2, 0.25) is 0 Å². The summed E-state index contributed by atoms with van der Waals surface area (Å²) in [4.78, 5) is 15.1. The molecule has 0 saturated carbocycles. The zero-order valence-corrected chi connectivity index (χ0v) is 16.0. The van der Waals surface area contributed by atoms with Gasteiger partial charge in [0, 0.05) is 19.1 Å². The van der Waals surface area contributed by atoms with Crippen LogP contribution in [0.25, 0.3) is 0 Å². The minimum absolute atomic E-state index is 0.000682. The molecule has 0 spiro atoms. The van der Waals surface area contributed by atoms with Gasteiger partial charge in [0.2, 0.25) is 5.91 Å². The summed E-state index contributed by atoms with van der Waals surface area (Å²) in [6.45, 7) is 12.8. The lowest BCUT2D eigenvalue weighted by Gasteiger charge is -2.40. The molecule has 3 heteroatoms. The number of nitrogens with zero attached hydrogens (tertiary/aromatic N) is 1. The van der Waals surface area contributed by atoms with Crippen molar-refractivity contribution in [2.24, 2.45) is 11.8 Å². The van der Waals surface area contributed by atoms with Crippen LogP contribution in [0.3, 0.4) is 0 Å². The predicted molar refractivity (Wildman–Crippen MR) is 101 cm³/mol. The number of nitrogens with one attached hydrogen (secondary N) is 1. The molecule has 24 heavy (non-hydrogen) atoms. The van der Waals surface area contributed by atoms with Crippen molar-refractivity contribution in [2.75, 3.05) is 6.54 Å². The molecule has 0 aromatic heterocycles. The largest absolute Gasteiger partial charge is 0.351 e. The number of benzene rings is 1. The van der Waals surface area contributed by atoms with Crippen LogP contribution in [0.1, 0.15) is 58.6 Å². The van der Waals surface area contributed by atoms with Crippen molar-refractivity contribution in [3.8, 4) is 0 Å². The molecule has 1 aliphatic heterocycles. The smallest absolute Gasteiger partial charge is 0.237 e. The first-order valence-corrected chi connectivity index (χ1v) is 9.51. The Morgan fingerprint density at radius 1 is 1.04 bits per heavy atom. The molecule has 1 fully saturated rings. The van der Waals surface area contributed by atoms with Crippen LogP contribution < -0.4 is 5.32 Å². The highest BCUT2D eigenvalue weighted by Gasteiger charge is 2.34. The van der Waals surface area contributed by atoms with Gasteiger partial charge in [0.05, 0.1) is 6.04 Å². The number of piperazine rings is 1. The molecule has 0 aliphatic carbocycles. The van der Waals surface area contributed by atoms with Crippen LogP contribution in [0.4, 0.5) is 0 Å². The maximum absolute atomic E-state index is 12.7. The summed E-state index contributed by atoms with van der Waals surface area (Å²) in [7, 11) is 0. The average Bonchev–Trinajstić information content (AvgIpc) is 2.50.